The summed E-state index contributed by atoms with van der Waals surface area (Å²) in [5, 5.41) is 10.8. The molecular weight excluding hydrogens is 416 g/mol. The van der Waals surface area contributed by atoms with Crippen molar-refractivity contribution in [3.05, 3.63) is 113 Å². The van der Waals surface area contributed by atoms with Gasteiger partial charge in [0.1, 0.15) is 5.75 Å². The van der Waals surface area contributed by atoms with Gasteiger partial charge >= 0.3 is 0 Å². The third-order valence-electron chi connectivity index (χ3n) is 5.36. The van der Waals surface area contributed by atoms with Crippen LogP contribution in [0.1, 0.15) is 29.7 Å². The summed E-state index contributed by atoms with van der Waals surface area (Å²) in [4.78, 5) is 31.9. The molecule has 2 heterocycles. The Bertz CT molecular complexity index is 1200. The minimum atomic E-state index is -0.758. The topological polar surface area (TPSA) is 79.7 Å². The molecule has 1 amide bonds. The second kappa shape index (κ2) is 9.96. The average Bonchev–Trinajstić information content (AvgIpc) is 3.09. The van der Waals surface area contributed by atoms with E-state index in [0.717, 1.165) is 11.1 Å². The zero-order chi connectivity index (χ0) is 23.2. The summed E-state index contributed by atoms with van der Waals surface area (Å²) in [7, 11) is 0. The van der Waals surface area contributed by atoms with Crippen LogP contribution in [0.4, 0.5) is 0 Å². The highest BCUT2D eigenvalue weighted by Gasteiger charge is 2.43. The predicted octanol–water partition coefficient (Wildman–Crippen LogP) is 4.66. The van der Waals surface area contributed by atoms with Crippen LogP contribution < -0.4 is 4.74 Å². The molecular formula is C27H24N2O4. The summed E-state index contributed by atoms with van der Waals surface area (Å²) >= 11 is 0. The highest BCUT2D eigenvalue weighted by Crippen LogP contribution is 2.40. The molecule has 1 N–H and O–H groups in total. The van der Waals surface area contributed by atoms with Crippen LogP contribution in [0.5, 0.6) is 5.75 Å². The highest BCUT2D eigenvalue weighted by atomic mass is 16.5. The molecule has 1 aromatic heterocycles. The molecule has 6 heteroatoms. The number of carbonyl (C=O) groups is 2. The Morgan fingerprint density at radius 2 is 1.94 bits per heavy atom. The smallest absolute Gasteiger partial charge is 0.290 e. The molecule has 1 aliphatic heterocycles. The molecule has 0 saturated heterocycles. The number of benzene rings is 2. The van der Waals surface area contributed by atoms with Gasteiger partial charge in [0.05, 0.1) is 18.2 Å². The largest absolute Gasteiger partial charge is 0.503 e. The van der Waals surface area contributed by atoms with Crippen LogP contribution in [0.15, 0.2) is 96.5 Å². The monoisotopic (exact) mass is 440 g/mol. The summed E-state index contributed by atoms with van der Waals surface area (Å²) in [5.41, 5.74) is 2.36. The Hall–Kier alpha value is -4.19. The Kier molecular flexibility index (Phi) is 6.64. The van der Waals surface area contributed by atoms with Gasteiger partial charge in [-0.15, -0.1) is 0 Å². The van der Waals surface area contributed by atoms with Crippen molar-refractivity contribution in [2.45, 2.75) is 19.5 Å². The van der Waals surface area contributed by atoms with Crippen molar-refractivity contribution in [2.24, 2.45) is 0 Å². The normalized spacial score (nSPS) is 16.0. The number of aliphatic hydroxyl groups excluding tert-OH is 1. The van der Waals surface area contributed by atoms with Gasteiger partial charge in [-0.05, 0) is 47.9 Å². The summed E-state index contributed by atoms with van der Waals surface area (Å²) in [5.74, 6) is -0.928. The van der Waals surface area contributed by atoms with Crippen molar-refractivity contribution in [1.82, 2.24) is 9.88 Å². The summed E-state index contributed by atoms with van der Waals surface area (Å²) in [6, 6.07) is 19.5. The van der Waals surface area contributed by atoms with Gasteiger partial charge in [-0.2, -0.15) is 0 Å². The molecule has 4 rings (SSSR count). The number of aromatic nitrogens is 1. The first-order valence-electron chi connectivity index (χ1n) is 10.7. The number of allylic oxidation sites excluding steroid dienone is 1. The van der Waals surface area contributed by atoms with Crippen LogP contribution in [-0.4, -0.2) is 33.3 Å². The predicted molar refractivity (Wildman–Crippen MR) is 125 cm³/mol. The molecule has 0 fully saturated rings. The summed E-state index contributed by atoms with van der Waals surface area (Å²) < 4.78 is 5.62. The fourth-order valence-electron chi connectivity index (χ4n) is 3.87. The fourth-order valence-corrected chi connectivity index (χ4v) is 3.87. The molecule has 0 bridgehead atoms. The first-order valence-corrected chi connectivity index (χ1v) is 10.7. The lowest BCUT2D eigenvalue weighted by Gasteiger charge is -2.27. The van der Waals surface area contributed by atoms with Crippen molar-refractivity contribution < 1.29 is 19.4 Å². The van der Waals surface area contributed by atoms with Gasteiger partial charge in [0.25, 0.3) is 5.91 Å². The molecule has 1 unspecified atom stereocenters. The van der Waals surface area contributed by atoms with E-state index in [2.05, 4.69) is 4.98 Å². The minimum Gasteiger partial charge on any atom is -0.503 e. The van der Waals surface area contributed by atoms with Crippen molar-refractivity contribution >= 4 is 17.8 Å². The van der Waals surface area contributed by atoms with Gasteiger partial charge < -0.3 is 14.7 Å². The first-order chi connectivity index (χ1) is 16.1. The first kappa shape index (κ1) is 22.0. The van der Waals surface area contributed by atoms with Crippen molar-refractivity contribution in [3.8, 4) is 5.75 Å². The number of carbonyl (C=O) groups excluding carboxylic acids is 2. The van der Waals surface area contributed by atoms with Crippen molar-refractivity contribution in [2.75, 3.05) is 6.61 Å². The van der Waals surface area contributed by atoms with Gasteiger partial charge in [-0.1, -0.05) is 54.6 Å². The van der Waals surface area contributed by atoms with Crippen LogP contribution in [0.25, 0.3) is 6.08 Å². The Morgan fingerprint density at radius 3 is 2.67 bits per heavy atom. The molecule has 0 radical (unpaired) electrons. The van der Waals surface area contributed by atoms with Gasteiger partial charge in [0.15, 0.2) is 11.5 Å². The number of ether oxygens (including phenoxy) is 1. The number of aliphatic hydroxyl groups is 1. The quantitative estimate of drug-likeness (QED) is 0.516. The number of nitrogens with zero attached hydrogens (tertiary/aromatic N) is 2. The van der Waals surface area contributed by atoms with E-state index < -0.39 is 23.5 Å². The molecule has 1 aliphatic rings. The number of rotatable bonds is 8. The SMILES string of the molecule is CCOc1cccc(C2C(C(=O)/C=C/c3ccccc3)=C(O)C(=O)N2Cc2cccnc2)c1. The molecule has 3 aromatic rings. The van der Waals surface area contributed by atoms with E-state index in [1.54, 1.807) is 30.6 Å². The van der Waals surface area contributed by atoms with E-state index in [9.17, 15) is 14.7 Å². The number of pyridine rings is 1. The third kappa shape index (κ3) is 4.85. The standard InChI is InChI=1S/C27H24N2O4/c1-2-33-22-12-6-11-21(16-22)25-24(23(30)14-13-19-8-4-3-5-9-19)26(31)27(32)29(25)18-20-10-7-15-28-17-20/h3-17,25,31H,2,18H2,1H3/b14-13+. The number of hydrogen-bond acceptors (Lipinski definition) is 5. The van der Waals surface area contributed by atoms with E-state index >= 15 is 0 Å². The molecule has 0 saturated carbocycles. The van der Waals surface area contributed by atoms with Gasteiger partial charge in [-0.3, -0.25) is 14.6 Å². The second-order valence-electron chi connectivity index (χ2n) is 7.57. The van der Waals surface area contributed by atoms with E-state index in [4.69, 9.17) is 4.74 Å². The van der Waals surface area contributed by atoms with E-state index in [0.29, 0.717) is 17.9 Å². The lowest BCUT2D eigenvalue weighted by molar-refractivity contribution is -0.130. The molecule has 0 spiro atoms. The van der Waals surface area contributed by atoms with Crippen molar-refractivity contribution in [1.29, 1.82) is 0 Å². The van der Waals surface area contributed by atoms with Gasteiger partial charge in [0, 0.05) is 18.9 Å². The summed E-state index contributed by atoms with van der Waals surface area (Å²) in [6.07, 6.45) is 6.37. The number of hydrogen-bond donors (Lipinski definition) is 1. The molecule has 2 aromatic carbocycles. The fraction of sp³-hybridized carbons (Fsp3) is 0.148. The van der Waals surface area contributed by atoms with E-state index in [1.807, 2.05) is 61.5 Å². The molecule has 1 atom stereocenters. The summed E-state index contributed by atoms with van der Waals surface area (Å²) in [6.45, 7) is 2.56. The number of ketones is 1. The molecule has 166 valence electrons. The van der Waals surface area contributed by atoms with Crippen LogP contribution in [-0.2, 0) is 16.1 Å². The van der Waals surface area contributed by atoms with Crippen LogP contribution in [0, 0.1) is 0 Å². The Labute approximate surface area is 192 Å². The minimum absolute atomic E-state index is 0.0460. The maximum Gasteiger partial charge on any atom is 0.290 e. The maximum atomic E-state index is 13.2. The van der Waals surface area contributed by atoms with Gasteiger partial charge in [-0.25, -0.2) is 0 Å². The molecule has 0 aliphatic carbocycles. The van der Waals surface area contributed by atoms with Crippen LogP contribution in [0.2, 0.25) is 0 Å². The number of amides is 1. The van der Waals surface area contributed by atoms with Gasteiger partial charge in [0.2, 0.25) is 0 Å². The van der Waals surface area contributed by atoms with E-state index in [-0.39, 0.29) is 12.1 Å². The maximum absolute atomic E-state index is 13.2. The Morgan fingerprint density at radius 1 is 1.12 bits per heavy atom. The molecule has 6 nitrogen and oxygen atoms in total. The lowest BCUT2D eigenvalue weighted by atomic mass is 9.95. The highest BCUT2D eigenvalue weighted by molar-refractivity contribution is 6.14. The average molecular weight is 440 g/mol. The Balaban J connectivity index is 1.73. The zero-order valence-electron chi connectivity index (χ0n) is 18.2. The van der Waals surface area contributed by atoms with Crippen molar-refractivity contribution in [3.63, 3.8) is 0 Å². The second-order valence-corrected chi connectivity index (χ2v) is 7.57. The molecule has 33 heavy (non-hydrogen) atoms. The van der Waals surface area contributed by atoms with Crippen LogP contribution >= 0.6 is 0 Å². The third-order valence-corrected chi connectivity index (χ3v) is 5.36. The zero-order valence-corrected chi connectivity index (χ0v) is 18.2. The van der Waals surface area contributed by atoms with E-state index in [1.165, 1.54) is 11.0 Å². The lowest BCUT2D eigenvalue weighted by Crippen LogP contribution is -2.30. The van der Waals surface area contributed by atoms with Crippen LogP contribution in [0.3, 0.4) is 0 Å².